The zero-order chi connectivity index (χ0) is 9.26. The fourth-order valence-electron chi connectivity index (χ4n) is 1.24. The lowest BCUT2D eigenvalue weighted by Gasteiger charge is -2.15. The molecule has 68 valence electrons. The second kappa shape index (κ2) is 3.36. The fraction of sp³-hybridized carbons (Fsp3) is 0.222. The number of benzene rings is 1. The van der Waals surface area contributed by atoms with E-state index in [1.54, 1.807) is 18.2 Å². The minimum absolute atomic E-state index is 0.450. The SMILES string of the molecule is O=C(Cl)c1ccc2c(c1)CCOO2. The summed E-state index contributed by atoms with van der Waals surface area (Å²) >= 11 is 5.33. The summed E-state index contributed by atoms with van der Waals surface area (Å²) in [6, 6.07) is 5.03. The molecule has 1 aromatic rings. The van der Waals surface area contributed by atoms with E-state index >= 15 is 0 Å². The van der Waals surface area contributed by atoms with E-state index in [2.05, 4.69) is 0 Å². The molecule has 3 nitrogen and oxygen atoms in total. The summed E-state index contributed by atoms with van der Waals surface area (Å²) in [5.74, 6) is 0.660. The first kappa shape index (κ1) is 8.53. The van der Waals surface area contributed by atoms with Crippen LogP contribution in [0.1, 0.15) is 15.9 Å². The molecule has 0 unspecified atom stereocenters. The van der Waals surface area contributed by atoms with E-state index in [0.717, 1.165) is 12.0 Å². The van der Waals surface area contributed by atoms with Gasteiger partial charge in [0.05, 0.1) is 6.61 Å². The zero-order valence-electron chi connectivity index (χ0n) is 6.75. The summed E-state index contributed by atoms with van der Waals surface area (Å²) in [6.07, 6.45) is 0.743. The Balaban J connectivity index is 2.40. The first-order chi connectivity index (χ1) is 6.27. The highest BCUT2D eigenvalue weighted by Crippen LogP contribution is 2.24. The number of rotatable bonds is 1. The lowest BCUT2D eigenvalue weighted by Crippen LogP contribution is -2.11. The van der Waals surface area contributed by atoms with E-state index in [1.165, 1.54) is 0 Å². The van der Waals surface area contributed by atoms with E-state index in [9.17, 15) is 4.79 Å². The van der Waals surface area contributed by atoms with Gasteiger partial charge in [-0.2, -0.15) is 4.89 Å². The minimum Gasteiger partial charge on any atom is -0.337 e. The van der Waals surface area contributed by atoms with Crippen LogP contribution in [0.3, 0.4) is 0 Å². The predicted octanol–water partition coefficient (Wildman–Crippen LogP) is 1.93. The molecule has 0 amide bonds. The highest BCUT2D eigenvalue weighted by atomic mass is 35.5. The Labute approximate surface area is 80.1 Å². The molecule has 0 aromatic heterocycles. The van der Waals surface area contributed by atoms with Crippen LogP contribution in [0.4, 0.5) is 0 Å². The topological polar surface area (TPSA) is 35.5 Å². The van der Waals surface area contributed by atoms with Gasteiger partial charge >= 0.3 is 0 Å². The van der Waals surface area contributed by atoms with Gasteiger partial charge in [-0.25, -0.2) is 0 Å². The van der Waals surface area contributed by atoms with Gasteiger partial charge in [0.2, 0.25) is 0 Å². The van der Waals surface area contributed by atoms with Crippen LogP contribution in [0.2, 0.25) is 0 Å². The van der Waals surface area contributed by atoms with Gasteiger partial charge in [-0.05, 0) is 29.8 Å². The number of hydrogen-bond donors (Lipinski definition) is 0. The third-order valence-corrected chi connectivity index (χ3v) is 2.11. The molecule has 0 aliphatic carbocycles. The molecule has 0 saturated carbocycles. The van der Waals surface area contributed by atoms with E-state index in [0.29, 0.717) is 17.9 Å². The largest absolute Gasteiger partial charge is 0.337 e. The number of halogens is 1. The smallest absolute Gasteiger partial charge is 0.252 e. The maximum Gasteiger partial charge on any atom is 0.252 e. The maximum absolute atomic E-state index is 10.8. The number of carbonyl (C=O) groups is 1. The lowest BCUT2D eigenvalue weighted by atomic mass is 10.1. The van der Waals surface area contributed by atoms with Crippen LogP contribution in [0.25, 0.3) is 0 Å². The van der Waals surface area contributed by atoms with Crippen LogP contribution < -0.4 is 4.89 Å². The summed E-state index contributed by atoms with van der Waals surface area (Å²) in [6.45, 7) is 0.507. The molecule has 1 aromatic carbocycles. The second-order valence-corrected chi connectivity index (χ2v) is 3.09. The molecule has 2 rings (SSSR count). The number of hydrogen-bond acceptors (Lipinski definition) is 3. The fourth-order valence-corrected chi connectivity index (χ4v) is 1.35. The summed E-state index contributed by atoms with van der Waals surface area (Å²) in [4.78, 5) is 20.5. The first-order valence-corrected chi connectivity index (χ1v) is 4.27. The summed E-state index contributed by atoms with van der Waals surface area (Å²) < 4.78 is 0. The quantitative estimate of drug-likeness (QED) is 0.511. The predicted molar refractivity (Wildman–Crippen MR) is 46.9 cm³/mol. The van der Waals surface area contributed by atoms with Crippen LogP contribution >= 0.6 is 11.6 Å². The Morgan fingerprint density at radius 3 is 3.08 bits per heavy atom. The molecule has 0 radical (unpaired) electrons. The zero-order valence-corrected chi connectivity index (χ0v) is 7.50. The van der Waals surface area contributed by atoms with Crippen LogP contribution in [0, 0.1) is 0 Å². The number of fused-ring (bicyclic) bond motifs is 1. The van der Waals surface area contributed by atoms with Crippen molar-refractivity contribution in [2.45, 2.75) is 6.42 Å². The van der Waals surface area contributed by atoms with Gasteiger partial charge in [-0.15, -0.1) is 0 Å². The Bertz CT molecular complexity index is 349. The van der Waals surface area contributed by atoms with Crippen LogP contribution in [-0.2, 0) is 11.3 Å². The molecule has 13 heavy (non-hydrogen) atoms. The third-order valence-electron chi connectivity index (χ3n) is 1.89. The highest BCUT2D eigenvalue weighted by Gasteiger charge is 2.13. The minimum atomic E-state index is -0.450. The standard InChI is InChI=1S/C9H7ClO3/c10-9(11)7-1-2-8-6(5-7)3-4-12-13-8/h1-2,5H,3-4H2. The van der Waals surface area contributed by atoms with Crippen molar-refractivity contribution in [3.05, 3.63) is 29.3 Å². The molecule has 1 heterocycles. The third kappa shape index (κ3) is 1.66. The molecule has 1 aliphatic rings. The molecule has 0 saturated heterocycles. The maximum atomic E-state index is 10.8. The van der Waals surface area contributed by atoms with E-state index in [1.807, 2.05) is 0 Å². The van der Waals surface area contributed by atoms with Crippen molar-refractivity contribution in [2.24, 2.45) is 0 Å². The molecule has 0 atom stereocenters. The Kier molecular flexibility index (Phi) is 2.20. The molecule has 0 bridgehead atoms. The number of carbonyl (C=O) groups excluding carboxylic acids is 1. The van der Waals surface area contributed by atoms with Crippen molar-refractivity contribution >= 4 is 16.8 Å². The van der Waals surface area contributed by atoms with Gasteiger partial charge in [0, 0.05) is 17.5 Å². The Morgan fingerprint density at radius 2 is 2.31 bits per heavy atom. The summed E-state index contributed by atoms with van der Waals surface area (Å²) in [5, 5.41) is -0.450. The van der Waals surface area contributed by atoms with E-state index < -0.39 is 5.24 Å². The van der Waals surface area contributed by atoms with Crippen molar-refractivity contribution < 1.29 is 14.6 Å². The molecule has 0 N–H and O–H groups in total. The van der Waals surface area contributed by atoms with Gasteiger partial charge < -0.3 is 4.89 Å². The molecular weight excluding hydrogens is 192 g/mol. The van der Waals surface area contributed by atoms with Crippen LogP contribution in [0.15, 0.2) is 18.2 Å². The average Bonchev–Trinajstić information content (AvgIpc) is 2.17. The highest BCUT2D eigenvalue weighted by molar-refractivity contribution is 6.67. The average molecular weight is 199 g/mol. The van der Waals surface area contributed by atoms with Gasteiger partial charge in [-0.3, -0.25) is 4.79 Å². The van der Waals surface area contributed by atoms with Crippen molar-refractivity contribution in [1.82, 2.24) is 0 Å². The van der Waals surface area contributed by atoms with Gasteiger partial charge in [0.15, 0.2) is 5.75 Å². The monoisotopic (exact) mass is 198 g/mol. The summed E-state index contributed by atoms with van der Waals surface area (Å²) in [5.41, 5.74) is 1.45. The van der Waals surface area contributed by atoms with Crippen molar-refractivity contribution in [1.29, 1.82) is 0 Å². The van der Waals surface area contributed by atoms with Gasteiger partial charge in [-0.1, -0.05) is 0 Å². The molecule has 4 heteroatoms. The van der Waals surface area contributed by atoms with Crippen LogP contribution in [0.5, 0.6) is 5.75 Å². The molecule has 0 fully saturated rings. The van der Waals surface area contributed by atoms with Gasteiger partial charge in [0.1, 0.15) is 0 Å². The normalized spacial score (nSPS) is 14.5. The van der Waals surface area contributed by atoms with Crippen molar-refractivity contribution in [3.63, 3.8) is 0 Å². The van der Waals surface area contributed by atoms with Crippen molar-refractivity contribution in [3.8, 4) is 5.75 Å². The summed E-state index contributed by atoms with van der Waals surface area (Å²) in [7, 11) is 0. The first-order valence-electron chi connectivity index (χ1n) is 3.89. The van der Waals surface area contributed by atoms with Gasteiger partial charge in [0.25, 0.3) is 5.24 Å². The Hall–Kier alpha value is -1.06. The van der Waals surface area contributed by atoms with E-state index in [4.69, 9.17) is 21.4 Å². The molecule has 0 spiro atoms. The van der Waals surface area contributed by atoms with E-state index in [-0.39, 0.29) is 0 Å². The Morgan fingerprint density at radius 1 is 1.46 bits per heavy atom. The lowest BCUT2D eigenvalue weighted by molar-refractivity contribution is -0.215. The molecular formula is C9H7ClO3. The van der Waals surface area contributed by atoms with Crippen LogP contribution in [-0.4, -0.2) is 11.8 Å². The van der Waals surface area contributed by atoms with Crippen molar-refractivity contribution in [2.75, 3.05) is 6.61 Å². The molecule has 1 aliphatic heterocycles. The second-order valence-electron chi connectivity index (χ2n) is 2.75.